The first-order valence-corrected chi connectivity index (χ1v) is 10.9. The van der Waals surface area contributed by atoms with Gasteiger partial charge >= 0.3 is 0 Å². The molecule has 9 heteroatoms. The second kappa shape index (κ2) is 9.80. The average Bonchev–Trinajstić information content (AvgIpc) is 3.50. The maximum atomic E-state index is 12.5. The van der Waals surface area contributed by atoms with E-state index in [1.54, 1.807) is 42.3 Å². The second-order valence-electron chi connectivity index (χ2n) is 8.11. The lowest BCUT2D eigenvalue weighted by Gasteiger charge is -2.31. The van der Waals surface area contributed by atoms with Crippen LogP contribution in [0.3, 0.4) is 0 Å². The van der Waals surface area contributed by atoms with Gasteiger partial charge in [-0.25, -0.2) is 4.68 Å². The van der Waals surface area contributed by atoms with Crippen LogP contribution in [0.15, 0.2) is 30.5 Å². The normalized spacial score (nSPS) is 17.5. The van der Waals surface area contributed by atoms with E-state index in [-0.39, 0.29) is 30.5 Å². The lowest BCUT2D eigenvalue weighted by Crippen LogP contribution is -2.41. The molecule has 2 aromatic rings. The number of amides is 2. The number of methoxy groups -OCH3 is 1. The third-order valence-electron chi connectivity index (χ3n) is 6.05. The van der Waals surface area contributed by atoms with Gasteiger partial charge in [0.05, 0.1) is 19.3 Å². The third kappa shape index (κ3) is 5.34. The zero-order valence-corrected chi connectivity index (χ0v) is 17.8. The maximum absolute atomic E-state index is 12.5. The highest BCUT2D eigenvalue weighted by atomic mass is 16.5. The fourth-order valence-corrected chi connectivity index (χ4v) is 4.18. The van der Waals surface area contributed by atoms with E-state index in [0.29, 0.717) is 24.5 Å². The molecule has 1 saturated heterocycles. The van der Waals surface area contributed by atoms with Crippen LogP contribution >= 0.6 is 0 Å². The zero-order valence-electron chi connectivity index (χ0n) is 17.8. The predicted octanol–water partition coefficient (Wildman–Crippen LogP) is 2.20. The van der Waals surface area contributed by atoms with Crippen molar-refractivity contribution in [2.24, 2.45) is 0 Å². The van der Waals surface area contributed by atoms with Crippen molar-refractivity contribution in [3.63, 3.8) is 0 Å². The molecule has 2 aliphatic rings. The largest absolute Gasteiger partial charge is 0.497 e. The van der Waals surface area contributed by atoms with Crippen molar-refractivity contribution in [3.8, 4) is 11.5 Å². The number of ether oxygens (including phenoxy) is 2. The number of hydrogen-bond acceptors (Lipinski definition) is 6. The highest BCUT2D eigenvalue weighted by Gasteiger charge is 2.26. The van der Waals surface area contributed by atoms with Gasteiger partial charge in [0.15, 0.2) is 12.3 Å². The molecule has 9 nitrogen and oxygen atoms in total. The van der Waals surface area contributed by atoms with Gasteiger partial charge in [0.2, 0.25) is 0 Å². The third-order valence-corrected chi connectivity index (χ3v) is 6.05. The van der Waals surface area contributed by atoms with Crippen LogP contribution in [0, 0.1) is 0 Å². The van der Waals surface area contributed by atoms with E-state index in [4.69, 9.17) is 9.47 Å². The summed E-state index contributed by atoms with van der Waals surface area (Å²) >= 11 is 0. The van der Waals surface area contributed by atoms with Gasteiger partial charge in [0.25, 0.3) is 11.8 Å². The smallest absolute Gasteiger partial charge is 0.273 e. The van der Waals surface area contributed by atoms with Crippen LogP contribution in [0.4, 0.5) is 0 Å². The highest BCUT2D eigenvalue weighted by Crippen LogP contribution is 2.23. The Bertz CT molecular complexity index is 884. The van der Waals surface area contributed by atoms with Crippen LogP contribution < -0.4 is 14.8 Å². The van der Waals surface area contributed by atoms with Crippen LogP contribution in [0.2, 0.25) is 0 Å². The summed E-state index contributed by atoms with van der Waals surface area (Å²) in [5.41, 5.74) is 0.360. The molecule has 166 valence electrons. The molecule has 0 spiro atoms. The first-order chi connectivity index (χ1) is 15.1. The molecule has 2 amide bonds. The molecule has 1 saturated carbocycles. The van der Waals surface area contributed by atoms with Crippen molar-refractivity contribution in [2.75, 3.05) is 26.8 Å². The van der Waals surface area contributed by atoms with Gasteiger partial charge in [0.1, 0.15) is 11.5 Å². The number of nitrogens with zero attached hydrogens (tertiary/aromatic N) is 4. The molecule has 0 atom stereocenters. The van der Waals surface area contributed by atoms with Crippen LogP contribution in [0.5, 0.6) is 11.5 Å². The van der Waals surface area contributed by atoms with E-state index in [2.05, 4.69) is 15.6 Å². The van der Waals surface area contributed by atoms with Gasteiger partial charge in [-0.05, 0) is 49.9 Å². The number of hydrogen-bond donors (Lipinski definition) is 1. The Kier molecular flexibility index (Phi) is 6.69. The Morgan fingerprint density at radius 3 is 2.42 bits per heavy atom. The minimum atomic E-state index is -0.151. The Hall–Kier alpha value is -3.10. The van der Waals surface area contributed by atoms with E-state index >= 15 is 0 Å². The number of rotatable bonds is 7. The van der Waals surface area contributed by atoms with Crippen molar-refractivity contribution in [1.29, 1.82) is 0 Å². The molecule has 1 aliphatic carbocycles. The summed E-state index contributed by atoms with van der Waals surface area (Å²) in [5, 5.41) is 11.3. The van der Waals surface area contributed by atoms with E-state index in [0.717, 1.165) is 31.4 Å². The number of carbonyl (C=O) groups is 2. The van der Waals surface area contributed by atoms with E-state index < -0.39 is 0 Å². The first-order valence-electron chi connectivity index (χ1n) is 10.9. The highest BCUT2D eigenvalue weighted by molar-refractivity contribution is 5.92. The number of nitrogens with one attached hydrogen (secondary N) is 1. The fraction of sp³-hybridized carbons (Fsp3) is 0.545. The number of piperidine rings is 1. The Labute approximate surface area is 181 Å². The molecule has 4 rings (SSSR count). The van der Waals surface area contributed by atoms with Crippen LogP contribution in [0.25, 0.3) is 0 Å². The summed E-state index contributed by atoms with van der Waals surface area (Å²) in [5.74, 6) is 1.19. The molecule has 1 aromatic carbocycles. The molecule has 1 aliphatic heterocycles. The van der Waals surface area contributed by atoms with Gasteiger partial charge in [-0.15, -0.1) is 5.10 Å². The topological polar surface area (TPSA) is 98.6 Å². The van der Waals surface area contributed by atoms with Crippen LogP contribution in [-0.2, 0) is 4.79 Å². The summed E-state index contributed by atoms with van der Waals surface area (Å²) in [6.45, 7) is 1.25. The summed E-state index contributed by atoms with van der Waals surface area (Å²) in [4.78, 5) is 26.7. The average molecular weight is 428 g/mol. The second-order valence-corrected chi connectivity index (χ2v) is 8.11. The van der Waals surface area contributed by atoms with E-state index in [9.17, 15) is 9.59 Å². The van der Waals surface area contributed by atoms with Crippen molar-refractivity contribution >= 4 is 11.8 Å². The molecular weight excluding hydrogens is 398 g/mol. The molecule has 1 N–H and O–H groups in total. The molecular formula is C22H29N5O4. The van der Waals surface area contributed by atoms with Gasteiger partial charge < -0.3 is 19.7 Å². The molecule has 0 unspecified atom stereocenters. The lowest BCUT2D eigenvalue weighted by atomic mass is 10.1. The minimum absolute atomic E-state index is 0.00576. The minimum Gasteiger partial charge on any atom is -0.497 e. The molecule has 0 bridgehead atoms. The van der Waals surface area contributed by atoms with Gasteiger partial charge in [-0.2, -0.15) is 0 Å². The standard InChI is InChI=1S/C22H29N5O4/c1-30-18-6-8-19(9-7-18)31-15-21(28)26-12-10-17(11-13-26)27-14-20(24-25-27)22(29)23-16-4-2-3-5-16/h6-9,14,16-17H,2-5,10-13,15H2,1H3,(H,23,29). The van der Waals surface area contributed by atoms with E-state index in [1.165, 1.54) is 12.8 Å². The Morgan fingerprint density at radius 1 is 1.06 bits per heavy atom. The quantitative estimate of drug-likeness (QED) is 0.727. The van der Waals surface area contributed by atoms with Gasteiger partial charge in [-0.1, -0.05) is 18.1 Å². The van der Waals surface area contributed by atoms with Gasteiger partial charge in [-0.3, -0.25) is 9.59 Å². The summed E-state index contributed by atoms with van der Waals surface area (Å²) in [7, 11) is 1.61. The first kappa shape index (κ1) is 21.1. The summed E-state index contributed by atoms with van der Waals surface area (Å²) in [6, 6.07) is 7.55. The van der Waals surface area contributed by atoms with Crippen molar-refractivity contribution in [1.82, 2.24) is 25.2 Å². The lowest BCUT2D eigenvalue weighted by molar-refractivity contribution is -0.134. The van der Waals surface area contributed by atoms with Crippen molar-refractivity contribution in [2.45, 2.75) is 50.6 Å². The summed E-state index contributed by atoms with van der Waals surface area (Å²) in [6.07, 6.45) is 7.66. The molecule has 2 fully saturated rings. The SMILES string of the molecule is COc1ccc(OCC(=O)N2CCC(n3cc(C(=O)NC4CCCC4)nn3)CC2)cc1. The Balaban J connectivity index is 1.23. The van der Waals surface area contributed by atoms with Gasteiger partial charge in [0, 0.05) is 19.1 Å². The number of benzene rings is 1. The van der Waals surface area contributed by atoms with Crippen molar-refractivity contribution in [3.05, 3.63) is 36.2 Å². The number of aromatic nitrogens is 3. The zero-order chi connectivity index (χ0) is 21.6. The number of likely N-dealkylation sites (tertiary alicyclic amines) is 1. The monoisotopic (exact) mass is 427 g/mol. The molecule has 31 heavy (non-hydrogen) atoms. The van der Waals surface area contributed by atoms with Crippen LogP contribution in [0.1, 0.15) is 55.1 Å². The molecule has 2 heterocycles. The predicted molar refractivity (Wildman–Crippen MR) is 113 cm³/mol. The Morgan fingerprint density at radius 2 is 1.74 bits per heavy atom. The van der Waals surface area contributed by atoms with Crippen LogP contribution in [-0.4, -0.2) is 64.6 Å². The molecule has 0 radical (unpaired) electrons. The summed E-state index contributed by atoms with van der Waals surface area (Å²) < 4.78 is 12.5. The molecule has 1 aromatic heterocycles. The maximum Gasteiger partial charge on any atom is 0.273 e. The number of carbonyl (C=O) groups excluding carboxylic acids is 2. The van der Waals surface area contributed by atoms with Crippen molar-refractivity contribution < 1.29 is 19.1 Å². The fourth-order valence-electron chi connectivity index (χ4n) is 4.18. The van der Waals surface area contributed by atoms with E-state index in [1.807, 2.05) is 4.90 Å².